The van der Waals surface area contributed by atoms with Gasteiger partial charge in [0, 0.05) is 21.9 Å². The smallest absolute Gasteiger partial charge is 0.187 e. The number of hydrogen-bond acceptors (Lipinski definition) is 4. The highest BCUT2D eigenvalue weighted by Crippen LogP contribution is 2.61. The van der Waals surface area contributed by atoms with Crippen molar-refractivity contribution in [3.8, 4) is 45.3 Å². The van der Waals surface area contributed by atoms with Gasteiger partial charge in [-0.15, -0.1) is 0 Å². The van der Waals surface area contributed by atoms with Crippen LogP contribution in [0, 0.1) is 24.3 Å². The Hall–Kier alpha value is -6.64. The summed E-state index contributed by atoms with van der Waals surface area (Å²) in [5.74, 6) is 4.41. The molecule has 4 bridgehead atoms. The lowest BCUT2D eigenvalue weighted by molar-refractivity contribution is -0.00518. The Morgan fingerprint density at radius 2 is 1.02 bits per heavy atom. The fourth-order valence-corrected chi connectivity index (χ4v) is 11.5. The molecule has 7 aromatic carbocycles. The van der Waals surface area contributed by atoms with Crippen LogP contribution in [0.2, 0.25) is 0 Å². The third-order valence-corrected chi connectivity index (χ3v) is 13.5. The first-order valence-corrected chi connectivity index (χ1v) is 20.3. The van der Waals surface area contributed by atoms with E-state index < -0.39 is 0 Å². The van der Waals surface area contributed by atoms with E-state index in [2.05, 4.69) is 89.8 Å². The van der Waals surface area contributed by atoms with E-state index in [1.165, 1.54) is 49.7 Å². The molecule has 57 heavy (non-hydrogen) atoms. The molecule has 272 valence electrons. The molecular formula is C52H38N4O. The molecule has 9 aromatic rings. The molecule has 4 aliphatic carbocycles. The molecule has 0 unspecified atom stereocenters. The zero-order chi connectivity index (χ0) is 37.7. The minimum Gasteiger partial charge on any atom is -0.455 e. The molecule has 4 aliphatic rings. The Balaban J connectivity index is 1.07. The summed E-state index contributed by atoms with van der Waals surface area (Å²) in [6, 6.07) is 48.9. The lowest BCUT2D eigenvalue weighted by Gasteiger charge is -2.57. The van der Waals surface area contributed by atoms with Crippen molar-refractivity contribution in [3.63, 3.8) is 0 Å². The maximum atomic E-state index is 7.53. The van der Waals surface area contributed by atoms with Crippen molar-refractivity contribution in [1.82, 2.24) is 15.0 Å². The third kappa shape index (κ3) is 5.10. The summed E-state index contributed by atoms with van der Waals surface area (Å²) < 4.78 is 6.51. The number of furan rings is 1. The molecule has 0 radical (unpaired) electrons. The number of benzene rings is 7. The standard InChI is InChI=1S/C52H38N4O/c1-53-37-23-19-35(20-24-37)49-54-50(44-15-8-14-43-38-9-6-7-16-45(38)57-48(43)44)56-51(55-49)47-41-12-4-2-10-39(41)46(40-11-3-5-13-42(40)47)34-17-21-36(22-18-34)52-28-31-25-32(29-52)27-33(26-31)30-52/h2-24,31-33H,25-30H2. The van der Waals surface area contributed by atoms with Crippen molar-refractivity contribution >= 4 is 49.2 Å². The number of hydrogen-bond donors (Lipinski definition) is 0. The summed E-state index contributed by atoms with van der Waals surface area (Å²) >= 11 is 0. The molecule has 4 saturated carbocycles. The summed E-state index contributed by atoms with van der Waals surface area (Å²) in [6.45, 7) is 7.53. The predicted molar refractivity (Wildman–Crippen MR) is 230 cm³/mol. The molecule has 5 heteroatoms. The molecule has 0 atom stereocenters. The first-order chi connectivity index (χ1) is 28.1. The van der Waals surface area contributed by atoms with E-state index in [1.807, 2.05) is 54.6 Å². The second kappa shape index (κ2) is 12.4. The number of rotatable bonds is 5. The normalized spacial score (nSPS) is 21.1. The van der Waals surface area contributed by atoms with E-state index in [1.54, 1.807) is 5.56 Å². The summed E-state index contributed by atoms with van der Waals surface area (Å²) in [5, 5.41) is 6.57. The van der Waals surface area contributed by atoms with Gasteiger partial charge in [-0.3, -0.25) is 0 Å². The molecule has 13 rings (SSSR count). The van der Waals surface area contributed by atoms with E-state index in [4.69, 9.17) is 25.9 Å². The summed E-state index contributed by atoms with van der Waals surface area (Å²) in [5.41, 5.74) is 9.09. The van der Waals surface area contributed by atoms with Crippen molar-refractivity contribution in [2.45, 2.75) is 43.9 Å². The highest BCUT2D eigenvalue weighted by molar-refractivity contribution is 6.21. The van der Waals surface area contributed by atoms with Crippen molar-refractivity contribution in [2.24, 2.45) is 17.8 Å². The summed E-state index contributed by atoms with van der Waals surface area (Å²) in [7, 11) is 0. The van der Waals surface area contributed by atoms with Gasteiger partial charge in [0.1, 0.15) is 11.2 Å². The molecular weight excluding hydrogens is 697 g/mol. The van der Waals surface area contributed by atoms with E-state index >= 15 is 0 Å². The van der Waals surface area contributed by atoms with E-state index in [-0.39, 0.29) is 0 Å². The average Bonchev–Trinajstić information content (AvgIpc) is 3.64. The van der Waals surface area contributed by atoms with Gasteiger partial charge in [0.15, 0.2) is 23.2 Å². The minimum atomic E-state index is 0.359. The third-order valence-electron chi connectivity index (χ3n) is 13.5. The van der Waals surface area contributed by atoms with E-state index in [9.17, 15) is 0 Å². The van der Waals surface area contributed by atoms with Crippen LogP contribution in [0.25, 0.3) is 93.6 Å². The number of para-hydroxylation sites is 2. The average molecular weight is 735 g/mol. The Bertz CT molecular complexity index is 3020. The van der Waals surface area contributed by atoms with Gasteiger partial charge in [0.05, 0.1) is 12.1 Å². The number of fused-ring (bicyclic) bond motifs is 5. The fraction of sp³-hybridized carbons (Fsp3) is 0.192. The van der Waals surface area contributed by atoms with E-state index in [0.717, 1.165) is 77.9 Å². The summed E-state index contributed by atoms with van der Waals surface area (Å²) in [4.78, 5) is 19.3. The van der Waals surface area contributed by atoms with E-state index in [0.29, 0.717) is 28.6 Å². The first-order valence-electron chi connectivity index (χ1n) is 20.3. The van der Waals surface area contributed by atoms with Crippen LogP contribution in [-0.2, 0) is 5.41 Å². The first kappa shape index (κ1) is 32.6. The molecule has 2 aromatic heterocycles. The summed E-state index contributed by atoms with van der Waals surface area (Å²) in [6.07, 6.45) is 8.46. The van der Waals surface area contributed by atoms with Gasteiger partial charge in [-0.05, 0) is 112 Å². The van der Waals surface area contributed by atoms with Crippen LogP contribution in [0.4, 0.5) is 5.69 Å². The minimum absolute atomic E-state index is 0.359. The lowest BCUT2D eigenvalue weighted by Crippen LogP contribution is -2.48. The Kier molecular flexibility index (Phi) is 7.11. The second-order valence-electron chi connectivity index (χ2n) is 16.9. The Morgan fingerprint density at radius 3 is 1.65 bits per heavy atom. The van der Waals surface area contributed by atoms with Crippen LogP contribution < -0.4 is 0 Å². The van der Waals surface area contributed by atoms with Gasteiger partial charge in [-0.25, -0.2) is 19.8 Å². The highest BCUT2D eigenvalue weighted by atomic mass is 16.3. The topological polar surface area (TPSA) is 56.2 Å². The molecule has 0 saturated heterocycles. The molecule has 4 fully saturated rings. The molecule has 0 N–H and O–H groups in total. The molecule has 0 aliphatic heterocycles. The van der Waals surface area contributed by atoms with Gasteiger partial charge in [-0.1, -0.05) is 127 Å². The number of aromatic nitrogens is 3. The molecule has 2 heterocycles. The largest absolute Gasteiger partial charge is 0.455 e. The molecule has 5 nitrogen and oxygen atoms in total. The van der Waals surface area contributed by atoms with Gasteiger partial charge in [0.25, 0.3) is 0 Å². The zero-order valence-corrected chi connectivity index (χ0v) is 31.5. The molecule has 0 spiro atoms. The fourth-order valence-electron chi connectivity index (χ4n) is 11.5. The maximum Gasteiger partial charge on any atom is 0.187 e. The second-order valence-corrected chi connectivity index (χ2v) is 16.9. The van der Waals surface area contributed by atoms with Crippen molar-refractivity contribution in [2.75, 3.05) is 0 Å². The van der Waals surface area contributed by atoms with Crippen LogP contribution in [-0.4, -0.2) is 15.0 Å². The van der Waals surface area contributed by atoms with Crippen molar-refractivity contribution < 1.29 is 4.42 Å². The monoisotopic (exact) mass is 734 g/mol. The van der Waals surface area contributed by atoms with Crippen molar-refractivity contribution in [3.05, 3.63) is 157 Å². The van der Waals surface area contributed by atoms with Gasteiger partial charge in [-0.2, -0.15) is 0 Å². The van der Waals surface area contributed by atoms with Gasteiger partial charge < -0.3 is 4.42 Å². The van der Waals surface area contributed by atoms with Gasteiger partial charge in [0.2, 0.25) is 0 Å². The maximum absolute atomic E-state index is 7.53. The van der Waals surface area contributed by atoms with Crippen LogP contribution in [0.5, 0.6) is 0 Å². The Morgan fingerprint density at radius 1 is 0.491 bits per heavy atom. The van der Waals surface area contributed by atoms with Crippen LogP contribution in [0.1, 0.15) is 44.1 Å². The van der Waals surface area contributed by atoms with Crippen LogP contribution in [0.15, 0.2) is 144 Å². The Labute approximate surface area is 330 Å². The highest BCUT2D eigenvalue weighted by Gasteiger charge is 2.51. The van der Waals surface area contributed by atoms with Crippen LogP contribution in [0.3, 0.4) is 0 Å². The number of nitrogens with zero attached hydrogens (tertiary/aromatic N) is 4. The van der Waals surface area contributed by atoms with Gasteiger partial charge >= 0.3 is 0 Å². The zero-order valence-electron chi connectivity index (χ0n) is 31.5. The quantitative estimate of drug-likeness (QED) is 0.130. The lowest BCUT2D eigenvalue weighted by atomic mass is 9.48. The van der Waals surface area contributed by atoms with Crippen molar-refractivity contribution in [1.29, 1.82) is 0 Å². The predicted octanol–water partition coefficient (Wildman–Crippen LogP) is 13.8. The molecule has 0 amide bonds. The van der Waals surface area contributed by atoms with Crippen LogP contribution >= 0.6 is 0 Å². The SMILES string of the molecule is [C-]#[N+]c1ccc(-c2nc(-c3c4ccccc4c(-c4ccc(C56CC7CC(CC(C7)C5)C6)cc4)c4ccccc34)nc(-c3cccc4c3oc3ccccc34)n2)cc1.